The smallest absolute Gasteiger partial charge is 0.266 e. The SMILES string of the molecule is COc1cccc(/C(C)=N\NC(=O)CSc2nc3ccccc3c(=O)n2-c2ccccc2)c1. The fourth-order valence-electron chi connectivity index (χ4n) is 3.24. The maximum absolute atomic E-state index is 13.2. The second-order valence-corrected chi connectivity index (χ2v) is 8.08. The second-order valence-electron chi connectivity index (χ2n) is 7.14. The van der Waals surface area contributed by atoms with Crippen LogP contribution in [0.1, 0.15) is 12.5 Å². The molecular weight excluding hydrogens is 436 g/mol. The molecule has 0 aliphatic heterocycles. The van der Waals surface area contributed by atoms with Crippen molar-refractivity contribution in [2.45, 2.75) is 12.1 Å². The van der Waals surface area contributed by atoms with Crippen LogP contribution in [0.3, 0.4) is 0 Å². The van der Waals surface area contributed by atoms with Crippen LogP contribution in [0.25, 0.3) is 16.6 Å². The van der Waals surface area contributed by atoms with Crippen LogP contribution in [0.4, 0.5) is 0 Å². The van der Waals surface area contributed by atoms with Gasteiger partial charge in [-0.05, 0) is 43.3 Å². The molecule has 7 nitrogen and oxygen atoms in total. The number of hydrogen-bond donors (Lipinski definition) is 1. The van der Waals surface area contributed by atoms with Crippen LogP contribution in [-0.4, -0.2) is 34.0 Å². The summed E-state index contributed by atoms with van der Waals surface area (Å²) >= 11 is 1.18. The van der Waals surface area contributed by atoms with Crippen LogP contribution in [0.2, 0.25) is 0 Å². The third-order valence-corrected chi connectivity index (χ3v) is 5.87. The molecule has 166 valence electrons. The summed E-state index contributed by atoms with van der Waals surface area (Å²) in [6, 6.07) is 23.9. The van der Waals surface area contributed by atoms with Crippen LogP contribution in [0.5, 0.6) is 5.75 Å². The normalized spacial score (nSPS) is 11.4. The quantitative estimate of drug-likeness (QED) is 0.196. The van der Waals surface area contributed by atoms with Crippen molar-refractivity contribution in [2.24, 2.45) is 5.10 Å². The summed E-state index contributed by atoms with van der Waals surface area (Å²) in [4.78, 5) is 30.3. The summed E-state index contributed by atoms with van der Waals surface area (Å²) in [5.74, 6) is 0.460. The summed E-state index contributed by atoms with van der Waals surface area (Å²) in [7, 11) is 1.60. The molecule has 8 heteroatoms. The summed E-state index contributed by atoms with van der Waals surface area (Å²) in [6.45, 7) is 1.81. The average Bonchev–Trinajstić information content (AvgIpc) is 2.86. The van der Waals surface area contributed by atoms with Crippen LogP contribution in [0.15, 0.2) is 93.9 Å². The summed E-state index contributed by atoms with van der Waals surface area (Å²) in [5.41, 5.74) is 5.16. The summed E-state index contributed by atoms with van der Waals surface area (Å²) in [5, 5.41) is 5.15. The van der Waals surface area contributed by atoms with Gasteiger partial charge in [0.05, 0.1) is 35.2 Å². The number of carbonyl (C=O) groups excluding carboxylic acids is 1. The minimum atomic E-state index is -0.302. The Morgan fingerprint density at radius 3 is 2.61 bits per heavy atom. The lowest BCUT2D eigenvalue weighted by atomic mass is 10.1. The van der Waals surface area contributed by atoms with E-state index < -0.39 is 0 Å². The number of benzene rings is 3. The Balaban J connectivity index is 1.55. The predicted octanol–water partition coefficient (Wildman–Crippen LogP) is 4.03. The average molecular weight is 459 g/mol. The van der Waals surface area contributed by atoms with Gasteiger partial charge in [-0.25, -0.2) is 10.4 Å². The Labute approximate surface area is 195 Å². The van der Waals surface area contributed by atoms with E-state index in [-0.39, 0.29) is 17.2 Å². The highest BCUT2D eigenvalue weighted by Crippen LogP contribution is 2.21. The van der Waals surface area contributed by atoms with E-state index in [1.165, 1.54) is 16.3 Å². The lowest BCUT2D eigenvalue weighted by molar-refractivity contribution is -0.118. The van der Waals surface area contributed by atoms with E-state index >= 15 is 0 Å². The molecule has 0 atom stereocenters. The fraction of sp³-hybridized carbons (Fsp3) is 0.120. The molecule has 0 bridgehead atoms. The molecule has 0 saturated carbocycles. The van der Waals surface area contributed by atoms with Crippen molar-refractivity contribution < 1.29 is 9.53 Å². The third-order valence-electron chi connectivity index (χ3n) is 4.93. The van der Waals surface area contributed by atoms with Gasteiger partial charge < -0.3 is 4.74 Å². The topological polar surface area (TPSA) is 85.6 Å². The Hall–Kier alpha value is -3.91. The van der Waals surface area contributed by atoms with Gasteiger partial charge in [-0.2, -0.15) is 5.10 Å². The molecule has 3 aromatic carbocycles. The number of thioether (sulfide) groups is 1. The molecule has 33 heavy (non-hydrogen) atoms. The number of ether oxygens (including phenoxy) is 1. The Kier molecular flexibility index (Phi) is 6.85. The number of hydrogen-bond acceptors (Lipinski definition) is 6. The first-order chi connectivity index (χ1) is 16.1. The Morgan fingerprint density at radius 1 is 1.06 bits per heavy atom. The van der Waals surface area contributed by atoms with Gasteiger partial charge in [0.25, 0.3) is 11.5 Å². The molecular formula is C25H22N4O3S. The summed E-state index contributed by atoms with van der Waals surface area (Å²) < 4.78 is 6.76. The third kappa shape index (κ3) is 5.12. The highest BCUT2D eigenvalue weighted by atomic mass is 32.2. The van der Waals surface area contributed by atoms with E-state index in [0.29, 0.717) is 33.2 Å². The largest absolute Gasteiger partial charge is 0.497 e. The van der Waals surface area contributed by atoms with E-state index in [4.69, 9.17) is 4.74 Å². The zero-order chi connectivity index (χ0) is 23.2. The highest BCUT2D eigenvalue weighted by molar-refractivity contribution is 7.99. The Bertz CT molecular complexity index is 1380. The van der Waals surface area contributed by atoms with Crippen molar-refractivity contribution in [3.05, 3.63) is 94.8 Å². The van der Waals surface area contributed by atoms with Gasteiger partial charge in [0.15, 0.2) is 5.16 Å². The lowest BCUT2D eigenvalue weighted by Crippen LogP contribution is -2.24. The number of aromatic nitrogens is 2. The van der Waals surface area contributed by atoms with Crippen LogP contribution < -0.4 is 15.7 Å². The number of nitrogens with zero attached hydrogens (tertiary/aromatic N) is 3. The van der Waals surface area contributed by atoms with Gasteiger partial charge in [0.1, 0.15) is 5.75 Å². The number of methoxy groups -OCH3 is 1. The number of fused-ring (bicyclic) bond motifs is 1. The number of hydrazone groups is 1. The molecule has 0 aliphatic rings. The fourth-order valence-corrected chi connectivity index (χ4v) is 4.04. The van der Waals surface area contributed by atoms with E-state index in [2.05, 4.69) is 15.5 Å². The van der Waals surface area contributed by atoms with E-state index in [1.807, 2.05) is 66.7 Å². The van der Waals surface area contributed by atoms with Gasteiger partial charge in [-0.1, -0.05) is 54.2 Å². The maximum Gasteiger partial charge on any atom is 0.266 e. The number of carbonyl (C=O) groups is 1. The summed E-state index contributed by atoms with van der Waals surface area (Å²) in [6.07, 6.45) is 0. The lowest BCUT2D eigenvalue weighted by Gasteiger charge is -2.13. The number of para-hydroxylation sites is 2. The number of rotatable bonds is 7. The Morgan fingerprint density at radius 2 is 1.82 bits per heavy atom. The van der Waals surface area contributed by atoms with Gasteiger partial charge in [-0.3, -0.25) is 14.2 Å². The number of nitrogens with one attached hydrogen (secondary N) is 1. The first-order valence-electron chi connectivity index (χ1n) is 10.2. The molecule has 0 fully saturated rings. The van der Waals surface area contributed by atoms with Crippen molar-refractivity contribution in [2.75, 3.05) is 12.9 Å². The van der Waals surface area contributed by atoms with Crippen LogP contribution in [-0.2, 0) is 4.79 Å². The van der Waals surface area contributed by atoms with E-state index in [1.54, 1.807) is 26.2 Å². The molecule has 1 heterocycles. The minimum absolute atomic E-state index is 0.0481. The van der Waals surface area contributed by atoms with Crippen LogP contribution >= 0.6 is 11.8 Å². The molecule has 1 N–H and O–H groups in total. The predicted molar refractivity (Wildman–Crippen MR) is 131 cm³/mol. The standard InChI is InChI=1S/C25H22N4O3S/c1-17(18-9-8-12-20(15-18)32-2)27-28-23(30)16-33-25-26-22-14-7-6-13-21(22)24(31)29(25)19-10-4-3-5-11-19/h3-15H,16H2,1-2H3,(H,28,30)/b27-17-. The second kappa shape index (κ2) is 10.1. The van der Waals surface area contributed by atoms with Crippen molar-refractivity contribution in [1.29, 1.82) is 0 Å². The van der Waals surface area contributed by atoms with Crippen molar-refractivity contribution >= 4 is 34.3 Å². The van der Waals surface area contributed by atoms with Crippen LogP contribution in [0, 0.1) is 0 Å². The first kappa shape index (κ1) is 22.3. The minimum Gasteiger partial charge on any atom is -0.497 e. The molecule has 1 amide bonds. The molecule has 0 radical (unpaired) electrons. The molecule has 0 spiro atoms. The van der Waals surface area contributed by atoms with Crippen molar-refractivity contribution in [3.8, 4) is 11.4 Å². The monoisotopic (exact) mass is 458 g/mol. The zero-order valence-electron chi connectivity index (χ0n) is 18.2. The molecule has 0 aliphatic carbocycles. The van der Waals surface area contributed by atoms with E-state index in [9.17, 15) is 9.59 Å². The van der Waals surface area contributed by atoms with Crippen molar-refractivity contribution in [3.63, 3.8) is 0 Å². The molecule has 0 unspecified atom stereocenters. The van der Waals surface area contributed by atoms with Gasteiger partial charge in [0, 0.05) is 5.56 Å². The number of amides is 1. The molecule has 1 aromatic heterocycles. The molecule has 4 rings (SSSR count). The van der Waals surface area contributed by atoms with Gasteiger partial charge in [0.2, 0.25) is 0 Å². The van der Waals surface area contributed by atoms with Gasteiger partial charge in [-0.15, -0.1) is 0 Å². The van der Waals surface area contributed by atoms with E-state index in [0.717, 1.165) is 5.56 Å². The zero-order valence-corrected chi connectivity index (χ0v) is 19.0. The highest BCUT2D eigenvalue weighted by Gasteiger charge is 2.14. The van der Waals surface area contributed by atoms with Crippen molar-refractivity contribution in [1.82, 2.24) is 15.0 Å². The maximum atomic E-state index is 13.2. The van der Waals surface area contributed by atoms with Gasteiger partial charge >= 0.3 is 0 Å². The molecule has 0 saturated heterocycles. The molecule has 4 aromatic rings. The first-order valence-corrected chi connectivity index (χ1v) is 11.2.